The van der Waals surface area contributed by atoms with Crippen LogP contribution in [-0.2, 0) is 23.9 Å². The van der Waals surface area contributed by atoms with Gasteiger partial charge in [-0.05, 0) is 38.5 Å². The van der Waals surface area contributed by atoms with Gasteiger partial charge < -0.3 is 14.6 Å². The van der Waals surface area contributed by atoms with Gasteiger partial charge in [0.15, 0.2) is 0 Å². The average Bonchev–Trinajstić information content (AvgIpc) is 3.11. The summed E-state index contributed by atoms with van der Waals surface area (Å²) in [7, 11) is 0. The molecule has 2 aliphatic rings. The maximum atomic E-state index is 12.2. The number of esters is 2. The first-order valence-corrected chi connectivity index (χ1v) is 8.03. The van der Waals surface area contributed by atoms with Gasteiger partial charge >= 0.3 is 17.9 Å². The summed E-state index contributed by atoms with van der Waals surface area (Å²) in [5.74, 6) is -3.29. The van der Waals surface area contributed by atoms with Crippen molar-refractivity contribution in [3.63, 3.8) is 0 Å². The standard InChI is InChI=1S/C17H24O6/c1-4-17(2,3)16(21)23-8-7-22-15(20)13-11-6-5-10(9-11)12(13)14(18)19/h5-6,10-13H,4,7-9H2,1-3H3,(H,18,19). The lowest BCUT2D eigenvalue weighted by Gasteiger charge is -2.23. The monoisotopic (exact) mass is 324 g/mol. The molecule has 0 aromatic heterocycles. The molecule has 2 aliphatic carbocycles. The molecule has 0 aromatic carbocycles. The maximum absolute atomic E-state index is 12.2. The third-order valence-electron chi connectivity index (χ3n) is 5.01. The van der Waals surface area contributed by atoms with E-state index in [0.717, 1.165) is 0 Å². The molecule has 0 saturated heterocycles. The van der Waals surface area contributed by atoms with Crippen LogP contribution in [0.15, 0.2) is 12.2 Å². The quantitative estimate of drug-likeness (QED) is 0.438. The van der Waals surface area contributed by atoms with Gasteiger partial charge in [-0.2, -0.15) is 0 Å². The SMILES string of the molecule is CCC(C)(C)C(=O)OCCOC(=O)C1C2C=CC(C2)C1C(=O)O. The Balaban J connectivity index is 1.80. The fourth-order valence-corrected chi connectivity index (χ4v) is 3.19. The summed E-state index contributed by atoms with van der Waals surface area (Å²) >= 11 is 0. The molecule has 6 nitrogen and oxygen atoms in total. The van der Waals surface area contributed by atoms with Gasteiger partial charge in [0.25, 0.3) is 0 Å². The molecule has 6 heteroatoms. The van der Waals surface area contributed by atoms with Crippen molar-refractivity contribution in [2.45, 2.75) is 33.6 Å². The molecule has 128 valence electrons. The highest BCUT2D eigenvalue weighted by Crippen LogP contribution is 2.48. The lowest BCUT2D eigenvalue weighted by atomic mass is 9.83. The smallest absolute Gasteiger partial charge is 0.311 e. The molecule has 1 fully saturated rings. The van der Waals surface area contributed by atoms with Crippen LogP contribution in [0.3, 0.4) is 0 Å². The first-order chi connectivity index (χ1) is 10.8. The van der Waals surface area contributed by atoms with Crippen LogP contribution < -0.4 is 0 Å². The summed E-state index contributed by atoms with van der Waals surface area (Å²) in [4.78, 5) is 35.3. The molecular weight excluding hydrogens is 300 g/mol. The Bertz CT molecular complexity index is 521. The fourth-order valence-electron chi connectivity index (χ4n) is 3.19. The van der Waals surface area contributed by atoms with Crippen molar-refractivity contribution in [2.75, 3.05) is 13.2 Å². The minimum Gasteiger partial charge on any atom is -0.481 e. The van der Waals surface area contributed by atoms with Crippen molar-refractivity contribution in [3.05, 3.63) is 12.2 Å². The zero-order valence-corrected chi connectivity index (χ0v) is 13.8. The minimum atomic E-state index is -0.958. The third kappa shape index (κ3) is 3.57. The zero-order valence-electron chi connectivity index (χ0n) is 13.8. The number of rotatable bonds is 7. The van der Waals surface area contributed by atoms with Crippen LogP contribution in [0, 0.1) is 29.1 Å². The molecule has 1 N–H and O–H groups in total. The van der Waals surface area contributed by atoms with E-state index in [1.165, 1.54) is 0 Å². The summed E-state index contributed by atoms with van der Waals surface area (Å²) in [6, 6.07) is 0. The summed E-state index contributed by atoms with van der Waals surface area (Å²) < 4.78 is 10.2. The van der Waals surface area contributed by atoms with E-state index in [9.17, 15) is 19.5 Å². The number of fused-ring (bicyclic) bond motifs is 2. The van der Waals surface area contributed by atoms with Gasteiger partial charge in [-0.3, -0.25) is 14.4 Å². The van der Waals surface area contributed by atoms with Gasteiger partial charge in [-0.25, -0.2) is 0 Å². The Morgan fingerprint density at radius 2 is 1.65 bits per heavy atom. The molecule has 4 atom stereocenters. The van der Waals surface area contributed by atoms with Crippen molar-refractivity contribution < 1.29 is 29.0 Å². The van der Waals surface area contributed by atoms with E-state index in [1.54, 1.807) is 13.8 Å². The van der Waals surface area contributed by atoms with Crippen LogP contribution in [0.5, 0.6) is 0 Å². The molecule has 2 rings (SSSR count). The predicted octanol–water partition coefficient (Wildman–Crippen LogP) is 2.03. The van der Waals surface area contributed by atoms with Crippen molar-refractivity contribution >= 4 is 17.9 Å². The van der Waals surface area contributed by atoms with Gasteiger partial charge in [0.05, 0.1) is 17.3 Å². The van der Waals surface area contributed by atoms with E-state index < -0.39 is 29.2 Å². The van der Waals surface area contributed by atoms with Crippen LogP contribution in [0.4, 0.5) is 0 Å². The predicted molar refractivity (Wildman–Crippen MR) is 81.3 cm³/mol. The highest BCUT2D eigenvalue weighted by atomic mass is 16.6. The van der Waals surface area contributed by atoms with Crippen LogP contribution in [0.1, 0.15) is 33.6 Å². The fraction of sp³-hybridized carbons (Fsp3) is 0.706. The van der Waals surface area contributed by atoms with Crippen molar-refractivity contribution in [1.29, 1.82) is 0 Å². The summed E-state index contributed by atoms with van der Waals surface area (Å²) in [5, 5.41) is 9.30. The van der Waals surface area contributed by atoms with E-state index in [4.69, 9.17) is 9.47 Å². The van der Waals surface area contributed by atoms with Gasteiger partial charge in [0.1, 0.15) is 13.2 Å². The highest BCUT2D eigenvalue weighted by Gasteiger charge is 2.52. The lowest BCUT2D eigenvalue weighted by molar-refractivity contribution is -0.163. The van der Waals surface area contributed by atoms with Gasteiger partial charge in [0.2, 0.25) is 0 Å². The van der Waals surface area contributed by atoms with E-state index in [2.05, 4.69) is 0 Å². The Hall–Kier alpha value is -1.85. The van der Waals surface area contributed by atoms with Gasteiger partial charge in [0, 0.05) is 0 Å². The molecule has 23 heavy (non-hydrogen) atoms. The zero-order chi connectivity index (χ0) is 17.2. The average molecular weight is 324 g/mol. The van der Waals surface area contributed by atoms with Crippen LogP contribution in [0.25, 0.3) is 0 Å². The second-order valence-electron chi connectivity index (χ2n) is 6.88. The number of carboxylic acid groups (broad SMARTS) is 1. The first kappa shape index (κ1) is 17.5. The normalized spacial score (nSPS) is 28.7. The number of ether oxygens (including phenoxy) is 2. The highest BCUT2D eigenvalue weighted by molar-refractivity contribution is 5.83. The molecule has 4 unspecified atom stereocenters. The lowest BCUT2D eigenvalue weighted by Crippen LogP contribution is -2.35. The number of carboxylic acids is 1. The number of hydrogen-bond acceptors (Lipinski definition) is 5. The van der Waals surface area contributed by atoms with Crippen LogP contribution >= 0.6 is 0 Å². The number of aliphatic carboxylic acids is 1. The van der Waals surface area contributed by atoms with Crippen molar-refractivity contribution in [2.24, 2.45) is 29.1 Å². The molecule has 1 saturated carbocycles. The second kappa shape index (κ2) is 6.72. The maximum Gasteiger partial charge on any atom is 0.311 e. The molecular formula is C17H24O6. The Morgan fingerprint density at radius 3 is 2.22 bits per heavy atom. The van der Waals surface area contributed by atoms with E-state index >= 15 is 0 Å². The molecule has 0 aromatic rings. The molecule has 0 spiro atoms. The minimum absolute atomic E-state index is 0.0115. The van der Waals surface area contributed by atoms with Crippen molar-refractivity contribution in [3.8, 4) is 0 Å². The topological polar surface area (TPSA) is 89.9 Å². The van der Waals surface area contributed by atoms with Crippen LogP contribution in [0.2, 0.25) is 0 Å². The Labute approximate surface area is 135 Å². The molecule has 0 radical (unpaired) electrons. The van der Waals surface area contributed by atoms with Crippen LogP contribution in [-0.4, -0.2) is 36.2 Å². The van der Waals surface area contributed by atoms with E-state index in [-0.39, 0.29) is 31.0 Å². The molecule has 0 heterocycles. The molecule has 0 amide bonds. The number of hydrogen-bond donors (Lipinski definition) is 1. The van der Waals surface area contributed by atoms with Gasteiger partial charge in [-0.15, -0.1) is 0 Å². The van der Waals surface area contributed by atoms with Crippen molar-refractivity contribution in [1.82, 2.24) is 0 Å². The first-order valence-electron chi connectivity index (χ1n) is 8.03. The van der Waals surface area contributed by atoms with E-state index in [1.807, 2.05) is 19.1 Å². The summed E-state index contributed by atoms with van der Waals surface area (Å²) in [6.07, 6.45) is 5.13. The largest absolute Gasteiger partial charge is 0.481 e. The number of carbonyl (C=O) groups excluding carboxylic acids is 2. The Kier molecular flexibility index (Phi) is 5.12. The molecule has 0 aliphatic heterocycles. The number of carbonyl (C=O) groups is 3. The van der Waals surface area contributed by atoms with E-state index in [0.29, 0.717) is 12.8 Å². The second-order valence-corrected chi connectivity index (χ2v) is 6.88. The molecule has 2 bridgehead atoms. The summed E-state index contributed by atoms with van der Waals surface area (Å²) in [6.45, 7) is 5.42. The summed E-state index contributed by atoms with van der Waals surface area (Å²) in [5.41, 5.74) is -0.562. The third-order valence-corrected chi connectivity index (χ3v) is 5.01. The number of allylic oxidation sites excluding steroid dienone is 2. The van der Waals surface area contributed by atoms with Gasteiger partial charge in [-0.1, -0.05) is 19.1 Å². The Morgan fingerprint density at radius 1 is 1.09 bits per heavy atom.